The third kappa shape index (κ3) is 1.83. The Morgan fingerprint density at radius 2 is 1.83 bits per heavy atom. The van der Waals surface area contributed by atoms with E-state index in [1.54, 1.807) is 0 Å². The first-order chi connectivity index (χ1) is 8.67. The minimum Gasteiger partial charge on any atom is -0.329 e. The summed E-state index contributed by atoms with van der Waals surface area (Å²) in [6.45, 7) is 10.8. The van der Waals surface area contributed by atoms with Crippen molar-refractivity contribution in [2.45, 2.75) is 51.1 Å². The van der Waals surface area contributed by atoms with Gasteiger partial charge in [0, 0.05) is 37.8 Å². The van der Waals surface area contributed by atoms with Crippen LogP contribution in [0.5, 0.6) is 0 Å². The second-order valence-electron chi connectivity index (χ2n) is 6.96. The molecule has 2 N–H and O–H groups in total. The quantitative estimate of drug-likeness (QED) is 0.808. The maximum absolute atomic E-state index is 6.28. The van der Waals surface area contributed by atoms with E-state index in [-0.39, 0.29) is 0 Å². The molecule has 0 radical (unpaired) electrons. The Hall–Kier alpha value is -0.120. The normalized spacial score (nSPS) is 46.5. The molecule has 4 unspecified atom stereocenters. The van der Waals surface area contributed by atoms with E-state index in [1.165, 1.54) is 51.9 Å². The molecule has 0 bridgehead atoms. The summed E-state index contributed by atoms with van der Waals surface area (Å²) < 4.78 is 0. The second-order valence-corrected chi connectivity index (χ2v) is 6.96. The lowest BCUT2D eigenvalue weighted by Crippen LogP contribution is -2.61. The molecular formula is C15H29N3. The van der Waals surface area contributed by atoms with Gasteiger partial charge in [-0.15, -0.1) is 0 Å². The first-order valence-corrected chi connectivity index (χ1v) is 7.86. The molecule has 0 spiro atoms. The maximum Gasteiger partial charge on any atom is 0.0499 e. The van der Waals surface area contributed by atoms with Gasteiger partial charge in [-0.3, -0.25) is 9.80 Å². The van der Waals surface area contributed by atoms with Gasteiger partial charge in [0.25, 0.3) is 0 Å². The number of fused-ring (bicyclic) bond motifs is 1. The first-order valence-electron chi connectivity index (χ1n) is 7.86. The standard InChI is InChI=1S/C15H29N3/c1-12-9-18(10-13(12)2)15(11-16)6-8-17-7-4-3-5-14(15)17/h12-14H,3-11,16H2,1-2H3. The molecule has 3 aliphatic heterocycles. The molecule has 3 aliphatic rings. The summed E-state index contributed by atoms with van der Waals surface area (Å²) in [6, 6.07) is 0.744. The summed E-state index contributed by atoms with van der Waals surface area (Å²) in [5, 5.41) is 0. The monoisotopic (exact) mass is 251 g/mol. The molecule has 3 nitrogen and oxygen atoms in total. The van der Waals surface area contributed by atoms with Crippen LogP contribution in [0.25, 0.3) is 0 Å². The van der Waals surface area contributed by atoms with E-state index in [9.17, 15) is 0 Å². The van der Waals surface area contributed by atoms with Crippen LogP contribution in [-0.2, 0) is 0 Å². The molecule has 18 heavy (non-hydrogen) atoms. The molecule has 3 saturated heterocycles. The van der Waals surface area contributed by atoms with Crippen molar-refractivity contribution in [3.05, 3.63) is 0 Å². The molecule has 3 heterocycles. The minimum absolute atomic E-state index is 0.305. The van der Waals surface area contributed by atoms with Gasteiger partial charge >= 0.3 is 0 Å². The Kier molecular flexibility index (Phi) is 3.41. The van der Waals surface area contributed by atoms with Crippen LogP contribution in [0, 0.1) is 11.8 Å². The molecular weight excluding hydrogens is 222 g/mol. The van der Waals surface area contributed by atoms with Gasteiger partial charge in [0.05, 0.1) is 0 Å². The van der Waals surface area contributed by atoms with Crippen molar-refractivity contribution in [2.24, 2.45) is 17.6 Å². The van der Waals surface area contributed by atoms with Crippen LogP contribution in [0.1, 0.15) is 39.5 Å². The Labute approximate surface area is 112 Å². The first kappa shape index (κ1) is 12.9. The van der Waals surface area contributed by atoms with Crippen LogP contribution < -0.4 is 5.73 Å². The lowest BCUT2D eigenvalue weighted by atomic mass is 9.84. The van der Waals surface area contributed by atoms with E-state index in [0.717, 1.165) is 24.4 Å². The Bertz CT molecular complexity index is 296. The average Bonchev–Trinajstić information content (AvgIpc) is 2.92. The van der Waals surface area contributed by atoms with Gasteiger partial charge in [-0.2, -0.15) is 0 Å². The van der Waals surface area contributed by atoms with E-state index in [2.05, 4.69) is 23.6 Å². The molecule has 4 atom stereocenters. The molecule has 0 aliphatic carbocycles. The predicted molar refractivity (Wildman–Crippen MR) is 75.5 cm³/mol. The van der Waals surface area contributed by atoms with E-state index in [4.69, 9.17) is 5.73 Å². The van der Waals surface area contributed by atoms with Gasteiger partial charge in [-0.05, 0) is 37.6 Å². The molecule has 0 saturated carbocycles. The van der Waals surface area contributed by atoms with Crippen molar-refractivity contribution in [1.82, 2.24) is 9.80 Å². The van der Waals surface area contributed by atoms with Crippen LogP contribution in [0.2, 0.25) is 0 Å². The van der Waals surface area contributed by atoms with Crippen LogP contribution in [0.15, 0.2) is 0 Å². The lowest BCUT2D eigenvalue weighted by molar-refractivity contribution is 0.0510. The highest BCUT2D eigenvalue weighted by Gasteiger charge is 2.52. The van der Waals surface area contributed by atoms with Gasteiger partial charge in [0.15, 0.2) is 0 Å². The van der Waals surface area contributed by atoms with Gasteiger partial charge < -0.3 is 5.73 Å². The maximum atomic E-state index is 6.28. The number of hydrogen-bond donors (Lipinski definition) is 1. The fourth-order valence-electron chi connectivity index (χ4n) is 4.60. The largest absolute Gasteiger partial charge is 0.329 e. The molecule has 0 aromatic carbocycles. The zero-order valence-electron chi connectivity index (χ0n) is 12.1. The number of likely N-dealkylation sites (tertiary alicyclic amines) is 1. The Morgan fingerprint density at radius 1 is 1.11 bits per heavy atom. The average molecular weight is 251 g/mol. The van der Waals surface area contributed by atoms with Gasteiger partial charge in [0.2, 0.25) is 0 Å². The number of piperidine rings is 1. The van der Waals surface area contributed by atoms with Crippen LogP contribution in [0.4, 0.5) is 0 Å². The van der Waals surface area contributed by atoms with Crippen molar-refractivity contribution in [3.8, 4) is 0 Å². The van der Waals surface area contributed by atoms with Crippen molar-refractivity contribution < 1.29 is 0 Å². The third-order valence-corrected chi connectivity index (χ3v) is 6.04. The van der Waals surface area contributed by atoms with Gasteiger partial charge in [0.1, 0.15) is 0 Å². The summed E-state index contributed by atoms with van der Waals surface area (Å²) in [4.78, 5) is 5.49. The Balaban J connectivity index is 1.82. The topological polar surface area (TPSA) is 32.5 Å². The summed E-state index contributed by atoms with van der Waals surface area (Å²) in [6.07, 6.45) is 5.47. The van der Waals surface area contributed by atoms with Crippen molar-refractivity contribution in [2.75, 3.05) is 32.7 Å². The second kappa shape index (κ2) is 4.77. The molecule has 3 rings (SSSR count). The zero-order valence-corrected chi connectivity index (χ0v) is 12.1. The van der Waals surface area contributed by atoms with Gasteiger partial charge in [-0.1, -0.05) is 20.3 Å². The van der Waals surface area contributed by atoms with Crippen LogP contribution >= 0.6 is 0 Å². The van der Waals surface area contributed by atoms with Crippen molar-refractivity contribution in [3.63, 3.8) is 0 Å². The van der Waals surface area contributed by atoms with E-state index < -0.39 is 0 Å². The van der Waals surface area contributed by atoms with E-state index in [0.29, 0.717) is 5.54 Å². The van der Waals surface area contributed by atoms with E-state index in [1.807, 2.05) is 0 Å². The summed E-state index contributed by atoms with van der Waals surface area (Å²) >= 11 is 0. The molecule has 0 aromatic heterocycles. The number of hydrogen-bond acceptors (Lipinski definition) is 3. The molecule has 0 amide bonds. The minimum atomic E-state index is 0.305. The third-order valence-electron chi connectivity index (χ3n) is 6.04. The molecule has 0 aromatic rings. The highest BCUT2D eigenvalue weighted by Crippen LogP contribution is 2.41. The van der Waals surface area contributed by atoms with Crippen molar-refractivity contribution in [1.29, 1.82) is 0 Å². The number of rotatable bonds is 2. The highest BCUT2D eigenvalue weighted by molar-refractivity contribution is 5.10. The SMILES string of the molecule is CC1CN(C2(CN)CCN3CCCCC32)CC1C. The summed E-state index contributed by atoms with van der Waals surface area (Å²) in [5.41, 5.74) is 6.58. The zero-order chi connectivity index (χ0) is 12.8. The summed E-state index contributed by atoms with van der Waals surface area (Å²) in [7, 11) is 0. The number of nitrogens with zero attached hydrogens (tertiary/aromatic N) is 2. The molecule has 3 heteroatoms. The van der Waals surface area contributed by atoms with Crippen molar-refractivity contribution >= 4 is 0 Å². The molecule has 3 fully saturated rings. The highest BCUT2D eigenvalue weighted by atomic mass is 15.3. The number of nitrogens with two attached hydrogens (primary N) is 1. The predicted octanol–water partition coefficient (Wildman–Crippen LogP) is 1.53. The fraction of sp³-hybridized carbons (Fsp3) is 1.00. The lowest BCUT2D eigenvalue weighted by Gasteiger charge is -2.46. The van der Waals surface area contributed by atoms with Gasteiger partial charge in [-0.25, -0.2) is 0 Å². The smallest absolute Gasteiger partial charge is 0.0499 e. The van der Waals surface area contributed by atoms with Crippen LogP contribution in [-0.4, -0.2) is 54.1 Å². The Morgan fingerprint density at radius 3 is 2.50 bits per heavy atom. The summed E-state index contributed by atoms with van der Waals surface area (Å²) in [5.74, 6) is 1.68. The van der Waals surface area contributed by atoms with E-state index >= 15 is 0 Å². The molecule has 104 valence electrons. The fourth-order valence-corrected chi connectivity index (χ4v) is 4.60. The van der Waals surface area contributed by atoms with Crippen LogP contribution in [0.3, 0.4) is 0 Å².